The van der Waals surface area contributed by atoms with E-state index in [9.17, 15) is 19.2 Å². The zero-order valence-corrected chi connectivity index (χ0v) is 15.8. The van der Waals surface area contributed by atoms with Crippen LogP contribution >= 0.6 is 0 Å². The third-order valence-corrected chi connectivity index (χ3v) is 5.33. The first kappa shape index (κ1) is 18.1. The van der Waals surface area contributed by atoms with Gasteiger partial charge in [-0.1, -0.05) is 0 Å². The summed E-state index contributed by atoms with van der Waals surface area (Å²) >= 11 is 0. The maximum absolute atomic E-state index is 13.1. The van der Waals surface area contributed by atoms with Gasteiger partial charge in [-0.05, 0) is 32.4 Å². The molecule has 2 saturated heterocycles. The summed E-state index contributed by atoms with van der Waals surface area (Å²) in [7, 11) is 0. The van der Waals surface area contributed by atoms with Crippen molar-refractivity contribution in [3.63, 3.8) is 0 Å². The summed E-state index contributed by atoms with van der Waals surface area (Å²) in [5, 5.41) is 2.90. The Morgan fingerprint density at radius 2 is 2.07 bits per heavy atom. The molecule has 9 nitrogen and oxygen atoms in total. The van der Waals surface area contributed by atoms with E-state index in [4.69, 9.17) is 0 Å². The van der Waals surface area contributed by atoms with Crippen LogP contribution in [0.25, 0.3) is 11.0 Å². The van der Waals surface area contributed by atoms with Gasteiger partial charge in [-0.3, -0.25) is 19.3 Å². The number of rotatable bonds is 3. The topological polar surface area (TPSA) is 105 Å². The SMILES string of the molecule is CCn1cc(C(=O)N2CCC(N3C(=O)CNC3=O)C2)c(=O)c2ccc(C)nc21. The molecule has 2 aliphatic heterocycles. The average molecular weight is 383 g/mol. The molecule has 1 N–H and O–H groups in total. The number of nitrogens with one attached hydrogen (secondary N) is 1. The summed E-state index contributed by atoms with van der Waals surface area (Å²) in [5.74, 6) is -0.672. The highest BCUT2D eigenvalue weighted by Crippen LogP contribution is 2.20. The molecule has 0 aromatic carbocycles. The van der Waals surface area contributed by atoms with Crippen molar-refractivity contribution in [2.75, 3.05) is 19.6 Å². The number of imide groups is 1. The molecule has 1 atom stereocenters. The van der Waals surface area contributed by atoms with Gasteiger partial charge < -0.3 is 14.8 Å². The summed E-state index contributed by atoms with van der Waals surface area (Å²) in [5.41, 5.74) is 1.08. The molecule has 4 rings (SSSR count). The fourth-order valence-corrected chi connectivity index (χ4v) is 3.86. The van der Waals surface area contributed by atoms with Crippen molar-refractivity contribution in [2.24, 2.45) is 0 Å². The first-order chi connectivity index (χ1) is 13.4. The molecule has 0 bridgehead atoms. The van der Waals surface area contributed by atoms with Crippen LogP contribution in [0.5, 0.6) is 0 Å². The number of nitrogens with zero attached hydrogens (tertiary/aromatic N) is 4. The van der Waals surface area contributed by atoms with E-state index in [2.05, 4.69) is 10.3 Å². The molecular weight excluding hydrogens is 362 g/mol. The average Bonchev–Trinajstić information content (AvgIpc) is 3.28. The van der Waals surface area contributed by atoms with Crippen molar-refractivity contribution in [1.29, 1.82) is 0 Å². The first-order valence-corrected chi connectivity index (χ1v) is 9.30. The van der Waals surface area contributed by atoms with Crippen LogP contribution in [-0.2, 0) is 11.3 Å². The second-order valence-electron chi connectivity index (χ2n) is 7.10. The van der Waals surface area contributed by atoms with Gasteiger partial charge in [0.2, 0.25) is 11.3 Å². The lowest BCUT2D eigenvalue weighted by Gasteiger charge is -2.21. The number of urea groups is 1. The Bertz CT molecular complexity index is 1040. The van der Waals surface area contributed by atoms with Gasteiger partial charge in [0.05, 0.1) is 18.0 Å². The van der Waals surface area contributed by atoms with Crippen LogP contribution in [0, 0.1) is 6.92 Å². The lowest BCUT2D eigenvalue weighted by molar-refractivity contribution is -0.126. The predicted octanol–water partition coefficient (Wildman–Crippen LogP) is 0.491. The molecule has 2 aliphatic rings. The lowest BCUT2D eigenvalue weighted by Crippen LogP contribution is -2.43. The smallest absolute Gasteiger partial charge is 0.324 e. The van der Waals surface area contributed by atoms with Crippen molar-refractivity contribution in [1.82, 2.24) is 24.7 Å². The number of fused-ring (bicyclic) bond motifs is 1. The summed E-state index contributed by atoms with van der Waals surface area (Å²) in [4.78, 5) is 56.9. The van der Waals surface area contributed by atoms with E-state index in [1.54, 1.807) is 22.9 Å². The zero-order valence-electron chi connectivity index (χ0n) is 15.8. The molecule has 2 aromatic heterocycles. The molecule has 0 saturated carbocycles. The minimum atomic E-state index is -0.426. The third-order valence-electron chi connectivity index (χ3n) is 5.33. The van der Waals surface area contributed by atoms with E-state index in [0.29, 0.717) is 30.5 Å². The van der Waals surface area contributed by atoms with Crippen molar-refractivity contribution in [3.05, 3.63) is 39.8 Å². The van der Waals surface area contributed by atoms with Crippen molar-refractivity contribution < 1.29 is 14.4 Å². The second kappa shape index (κ2) is 6.74. The number of aromatic nitrogens is 2. The van der Waals surface area contributed by atoms with E-state index in [1.807, 2.05) is 13.8 Å². The predicted molar refractivity (Wildman–Crippen MR) is 101 cm³/mol. The number of hydrogen-bond acceptors (Lipinski definition) is 5. The molecular formula is C19H21N5O4. The van der Waals surface area contributed by atoms with Gasteiger partial charge in [0.1, 0.15) is 11.2 Å². The number of carbonyl (C=O) groups is 3. The van der Waals surface area contributed by atoms with Gasteiger partial charge in [0.25, 0.3) is 5.91 Å². The highest BCUT2D eigenvalue weighted by atomic mass is 16.2. The molecule has 9 heteroatoms. The molecule has 0 aliphatic carbocycles. The Labute approximate surface area is 160 Å². The maximum atomic E-state index is 13.1. The summed E-state index contributed by atoms with van der Waals surface area (Å²) in [6, 6.07) is 2.66. The molecule has 1 unspecified atom stereocenters. The molecule has 2 aromatic rings. The summed E-state index contributed by atoms with van der Waals surface area (Å²) in [6.45, 7) is 4.94. The van der Waals surface area contributed by atoms with Crippen LogP contribution < -0.4 is 10.7 Å². The number of amides is 4. The normalized spacial score (nSPS) is 19.6. The Morgan fingerprint density at radius 3 is 2.75 bits per heavy atom. The number of likely N-dealkylation sites (tertiary alicyclic amines) is 1. The van der Waals surface area contributed by atoms with Crippen LogP contribution in [0.15, 0.2) is 23.1 Å². The lowest BCUT2D eigenvalue weighted by atomic mass is 10.1. The number of hydrogen-bond donors (Lipinski definition) is 1. The number of pyridine rings is 2. The first-order valence-electron chi connectivity index (χ1n) is 9.30. The minimum Gasteiger partial charge on any atom is -0.336 e. The molecule has 0 spiro atoms. The molecule has 4 heterocycles. The van der Waals surface area contributed by atoms with E-state index < -0.39 is 6.03 Å². The monoisotopic (exact) mass is 383 g/mol. The Hall–Kier alpha value is -3.23. The Balaban J connectivity index is 1.65. The zero-order chi connectivity index (χ0) is 20.0. The van der Waals surface area contributed by atoms with E-state index >= 15 is 0 Å². The molecule has 146 valence electrons. The van der Waals surface area contributed by atoms with E-state index in [0.717, 1.165) is 5.69 Å². The van der Waals surface area contributed by atoms with Crippen LogP contribution in [0.1, 0.15) is 29.4 Å². The van der Waals surface area contributed by atoms with Gasteiger partial charge in [0, 0.05) is 31.5 Å². The summed E-state index contributed by atoms with van der Waals surface area (Å²) in [6.07, 6.45) is 2.06. The number of carbonyl (C=O) groups excluding carboxylic acids is 3. The largest absolute Gasteiger partial charge is 0.336 e. The van der Waals surface area contributed by atoms with Crippen LogP contribution in [0.4, 0.5) is 4.79 Å². The minimum absolute atomic E-state index is 0.0123. The van der Waals surface area contributed by atoms with Gasteiger partial charge in [0.15, 0.2) is 0 Å². The number of aryl methyl sites for hydroxylation is 2. The maximum Gasteiger partial charge on any atom is 0.324 e. The van der Waals surface area contributed by atoms with Crippen molar-refractivity contribution in [2.45, 2.75) is 32.9 Å². The van der Waals surface area contributed by atoms with Crippen molar-refractivity contribution >= 4 is 28.9 Å². The van der Waals surface area contributed by atoms with Gasteiger partial charge in [-0.2, -0.15) is 0 Å². The second-order valence-corrected chi connectivity index (χ2v) is 7.10. The van der Waals surface area contributed by atoms with E-state index in [-0.39, 0.29) is 41.9 Å². The van der Waals surface area contributed by atoms with E-state index in [1.165, 1.54) is 9.80 Å². The Morgan fingerprint density at radius 1 is 1.29 bits per heavy atom. The van der Waals surface area contributed by atoms with Crippen molar-refractivity contribution in [3.8, 4) is 0 Å². The van der Waals surface area contributed by atoms with Gasteiger partial charge >= 0.3 is 6.03 Å². The highest BCUT2D eigenvalue weighted by molar-refractivity contribution is 6.02. The van der Waals surface area contributed by atoms with Crippen LogP contribution in [0.3, 0.4) is 0 Å². The fourth-order valence-electron chi connectivity index (χ4n) is 3.86. The standard InChI is InChI=1S/C19H21N5O4/c1-3-22-10-14(16(26)13-5-4-11(2)21-17(13)22)18(27)23-7-6-12(9-23)24-15(25)8-20-19(24)28/h4-5,10,12H,3,6-9H2,1-2H3,(H,20,28). The summed E-state index contributed by atoms with van der Waals surface area (Å²) < 4.78 is 1.79. The Kier molecular flexibility index (Phi) is 4.37. The fraction of sp³-hybridized carbons (Fsp3) is 0.421. The highest BCUT2D eigenvalue weighted by Gasteiger charge is 2.40. The molecule has 2 fully saturated rings. The van der Waals surface area contributed by atoms with Crippen LogP contribution in [0.2, 0.25) is 0 Å². The quantitative estimate of drug-likeness (QED) is 0.777. The van der Waals surface area contributed by atoms with Crippen LogP contribution in [-0.4, -0.2) is 62.9 Å². The third kappa shape index (κ3) is 2.83. The molecule has 0 radical (unpaired) electrons. The molecule has 28 heavy (non-hydrogen) atoms. The molecule has 4 amide bonds. The van der Waals surface area contributed by atoms with Gasteiger partial charge in [-0.15, -0.1) is 0 Å². The van der Waals surface area contributed by atoms with Gasteiger partial charge in [-0.25, -0.2) is 9.78 Å².